The number of halogens is 3. The lowest BCUT2D eigenvalue weighted by Crippen LogP contribution is -2.17. The number of alkyl halides is 3. The number of para-hydroxylation sites is 2. The Labute approximate surface area is 117 Å². The van der Waals surface area contributed by atoms with Gasteiger partial charge in [-0.05, 0) is 18.2 Å². The van der Waals surface area contributed by atoms with Crippen molar-refractivity contribution >= 4 is 5.84 Å². The first kappa shape index (κ1) is 14.6. The molecule has 0 aliphatic carbocycles. The average molecular weight is 297 g/mol. The summed E-state index contributed by atoms with van der Waals surface area (Å²) in [6.45, 7) is 0. The Balaban J connectivity index is 2.21. The van der Waals surface area contributed by atoms with E-state index in [0.29, 0.717) is 5.56 Å². The smallest absolute Gasteiger partial charge is 0.435 e. The van der Waals surface area contributed by atoms with Crippen LogP contribution in [0.5, 0.6) is 17.4 Å². The maximum atomic E-state index is 12.3. The average Bonchev–Trinajstić information content (AvgIpc) is 2.40. The van der Waals surface area contributed by atoms with Crippen molar-refractivity contribution in [1.82, 2.24) is 4.98 Å². The normalized spacial score (nSPS) is 11.0. The molecular weight excluding hydrogens is 287 g/mol. The van der Waals surface area contributed by atoms with Crippen LogP contribution >= 0.6 is 0 Å². The summed E-state index contributed by atoms with van der Waals surface area (Å²) in [5, 5.41) is 7.21. The van der Waals surface area contributed by atoms with Gasteiger partial charge in [0.15, 0.2) is 11.5 Å². The molecule has 3 N–H and O–H groups in total. The molecule has 21 heavy (non-hydrogen) atoms. The van der Waals surface area contributed by atoms with Gasteiger partial charge in [-0.2, -0.15) is 0 Å². The van der Waals surface area contributed by atoms with Gasteiger partial charge in [0, 0.05) is 17.8 Å². The van der Waals surface area contributed by atoms with E-state index in [-0.39, 0.29) is 17.5 Å². The Morgan fingerprint density at radius 3 is 2.29 bits per heavy atom. The van der Waals surface area contributed by atoms with Crippen molar-refractivity contribution in [3.05, 3.63) is 48.2 Å². The number of nitrogens with zero attached hydrogens (tertiary/aromatic N) is 1. The fourth-order valence-electron chi connectivity index (χ4n) is 1.46. The number of nitrogens with one attached hydrogen (secondary N) is 1. The minimum absolute atomic E-state index is 0.0539. The fraction of sp³-hybridized carbons (Fsp3) is 0.0769. The van der Waals surface area contributed by atoms with Crippen LogP contribution in [0.4, 0.5) is 13.2 Å². The first-order valence-corrected chi connectivity index (χ1v) is 5.68. The molecule has 0 radical (unpaired) electrons. The van der Waals surface area contributed by atoms with Gasteiger partial charge in [0.2, 0.25) is 5.88 Å². The highest BCUT2D eigenvalue weighted by Gasteiger charge is 2.32. The molecule has 0 aliphatic rings. The summed E-state index contributed by atoms with van der Waals surface area (Å²) in [4.78, 5) is 3.85. The lowest BCUT2D eigenvalue weighted by molar-refractivity contribution is -0.275. The lowest BCUT2D eigenvalue weighted by atomic mass is 10.3. The minimum atomic E-state index is -4.81. The zero-order valence-corrected chi connectivity index (χ0v) is 10.5. The maximum Gasteiger partial charge on any atom is 0.573 e. The highest BCUT2D eigenvalue weighted by atomic mass is 19.4. The van der Waals surface area contributed by atoms with Gasteiger partial charge in [0.05, 0.1) is 0 Å². The van der Waals surface area contributed by atoms with E-state index in [1.807, 2.05) is 0 Å². The number of hydrogen-bond donors (Lipinski definition) is 2. The van der Waals surface area contributed by atoms with Crippen molar-refractivity contribution < 1.29 is 22.6 Å². The van der Waals surface area contributed by atoms with Crippen LogP contribution in [0.15, 0.2) is 42.6 Å². The molecule has 2 aromatic rings. The quantitative estimate of drug-likeness (QED) is 0.671. The maximum absolute atomic E-state index is 12.3. The van der Waals surface area contributed by atoms with Gasteiger partial charge in [-0.3, -0.25) is 5.41 Å². The van der Waals surface area contributed by atoms with Crippen molar-refractivity contribution in [3.63, 3.8) is 0 Å². The molecule has 0 saturated carbocycles. The van der Waals surface area contributed by atoms with E-state index in [0.717, 1.165) is 6.07 Å². The minimum Gasteiger partial charge on any atom is -0.435 e. The number of benzene rings is 1. The summed E-state index contributed by atoms with van der Waals surface area (Å²) in [5.41, 5.74) is 5.64. The van der Waals surface area contributed by atoms with Gasteiger partial charge < -0.3 is 15.2 Å². The second-order valence-electron chi connectivity index (χ2n) is 3.90. The van der Waals surface area contributed by atoms with Crippen LogP contribution in [0, 0.1) is 5.41 Å². The number of ether oxygens (including phenoxy) is 2. The molecule has 5 nitrogen and oxygen atoms in total. The first-order valence-electron chi connectivity index (χ1n) is 5.68. The van der Waals surface area contributed by atoms with E-state index < -0.39 is 12.1 Å². The third-order valence-electron chi connectivity index (χ3n) is 2.34. The molecule has 0 fully saturated rings. The van der Waals surface area contributed by atoms with Gasteiger partial charge >= 0.3 is 6.36 Å². The number of aromatic nitrogens is 1. The van der Waals surface area contributed by atoms with Crippen molar-refractivity contribution in [2.45, 2.75) is 6.36 Å². The second-order valence-corrected chi connectivity index (χ2v) is 3.90. The second kappa shape index (κ2) is 5.70. The highest BCUT2D eigenvalue weighted by molar-refractivity contribution is 5.94. The SMILES string of the molecule is N=C(N)c1ccc(Oc2ccccc2OC(F)(F)F)nc1. The van der Waals surface area contributed by atoms with Crippen LogP contribution in [-0.4, -0.2) is 17.2 Å². The number of rotatable bonds is 4. The molecule has 0 saturated heterocycles. The third-order valence-corrected chi connectivity index (χ3v) is 2.34. The lowest BCUT2D eigenvalue weighted by Gasteiger charge is -2.13. The summed E-state index contributed by atoms with van der Waals surface area (Å²) in [7, 11) is 0. The van der Waals surface area contributed by atoms with Gasteiger partial charge in [-0.1, -0.05) is 12.1 Å². The van der Waals surface area contributed by atoms with Crippen LogP contribution in [0.25, 0.3) is 0 Å². The summed E-state index contributed by atoms with van der Waals surface area (Å²) in [6, 6.07) is 8.20. The van der Waals surface area contributed by atoms with Crippen LogP contribution in [0.1, 0.15) is 5.56 Å². The topological polar surface area (TPSA) is 81.2 Å². The van der Waals surface area contributed by atoms with Crippen molar-refractivity contribution in [2.24, 2.45) is 5.73 Å². The Hall–Kier alpha value is -2.77. The first-order chi connectivity index (χ1) is 9.85. The zero-order chi connectivity index (χ0) is 15.5. The van der Waals surface area contributed by atoms with E-state index >= 15 is 0 Å². The molecule has 1 aromatic carbocycles. The summed E-state index contributed by atoms with van der Waals surface area (Å²) in [5.74, 6) is -0.714. The van der Waals surface area contributed by atoms with E-state index in [1.54, 1.807) is 0 Å². The van der Waals surface area contributed by atoms with Crippen molar-refractivity contribution in [3.8, 4) is 17.4 Å². The van der Waals surface area contributed by atoms with Crippen LogP contribution in [-0.2, 0) is 0 Å². The van der Waals surface area contributed by atoms with Crippen LogP contribution in [0.2, 0.25) is 0 Å². The predicted octanol–water partition coefficient (Wildman–Crippen LogP) is 3.06. The Morgan fingerprint density at radius 2 is 1.76 bits per heavy atom. The molecule has 2 rings (SSSR count). The van der Waals surface area contributed by atoms with E-state index in [9.17, 15) is 13.2 Å². The highest BCUT2D eigenvalue weighted by Crippen LogP contribution is 2.34. The zero-order valence-electron chi connectivity index (χ0n) is 10.5. The van der Waals surface area contributed by atoms with Gasteiger partial charge in [-0.25, -0.2) is 4.98 Å². The molecule has 0 atom stereocenters. The van der Waals surface area contributed by atoms with E-state index in [4.69, 9.17) is 15.9 Å². The fourth-order valence-corrected chi connectivity index (χ4v) is 1.46. The van der Waals surface area contributed by atoms with Gasteiger partial charge in [0.25, 0.3) is 0 Å². The molecule has 1 aromatic heterocycles. The largest absolute Gasteiger partial charge is 0.573 e. The number of amidine groups is 1. The molecule has 1 heterocycles. The van der Waals surface area contributed by atoms with E-state index in [2.05, 4.69) is 9.72 Å². The van der Waals surface area contributed by atoms with Crippen molar-refractivity contribution in [2.75, 3.05) is 0 Å². The molecule has 0 aliphatic heterocycles. The molecule has 0 unspecified atom stereocenters. The molecule has 0 amide bonds. The Kier molecular flexibility index (Phi) is 3.97. The molecule has 0 bridgehead atoms. The van der Waals surface area contributed by atoms with Crippen LogP contribution < -0.4 is 15.2 Å². The summed E-state index contributed by atoms with van der Waals surface area (Å²) in [6.07, 6.45) is -3.53. The summed E-state index contributed by atoms with van der Waals surface area (Å²) >= 11 is 0. The Morgan fingerprint density at radius 1 is 1.10 bits per heavy atom. The number of hydrogen-bond acceptors (Lipinski definition) is 4. The number of nitrogens with two attached hydrogens (primary N) is 1. The predicted molar refractivity (Wildman–Crippen MR) is 68.5 cm³/mol. The third kappa shape index (κ3) is 4.10. The van der Waals surface area contributed by atoms with Gasteiger partial charge in [-0.15, -0.1) is 13.2 Å². The molecule has 8 heteroatoms. The molecule has 0 spiro atoms. The number of pyridine rings is 1. The number of nitrogen functional groups attached to an aromatic ring is 1. The van der Waals surface area contributed by atoms with Crippen LogP contribution in [0.3, 0.4) is 0 Å². The Bertz CT molecular complexity index is 642. The van der Waals surface area contributed by atoms with Gasteiger partial charge in [0.1, 0.15) is 5.84 Å². The monoisotopic (exact) mass is 297 g/mol. The molecule has 110 valence electrons. The standard InChI is InChI=1S/C13H10F3N3O2/c14-13(15,16)21-10-4-2-1-3-9(10)20-11-6-5-8(7-19-11)12(17)18/h1-7H,(H3,17,18). The van der Waals surface area contributed by atoms with E-state index in [1.165, 1.54) is 36.5 Å². The summed E-state index contributed by atoms with van der Waals surface area (Å²) < 4.78 is 45.9. The van der Waals surface area contributed by atoms with Crippen molar-refractivity contribution in [1.29, 1.82) is 5.41 Å². The molecular formula is C13H10F3N3O2.